The molecule has 20 heavy (non-hydrogen) atoms. The number of hydrogen-bond donors (Lipinski definition) is 2. The second-order valence-electron chi connectivity index (χ2n) is 5.92. The number of carbonyl (C=O) groups excluding carboxylic acids is 1. The zero-order valence-electron chi connectivity index (χ0n) is 12.3. The predicted molar refractivity (Wildman–Crippen MR) is 79.4 cm³/mol. The summed E-state index contributed by atoms with van der Waals surface area (Å²) in [6.45, 7) is 7.26. The molecule has 2 heterocycles. The van der Waals surface area contributed by atoms with Crippen LogP contribution >= 0.6 is 0 Å². The summed E-state index contributed by atoms with van der Waals surface area (Å²) in [4.78, 5) is 16.1. The van der Waals surface area contributed by atoms with Crippen LogP contribution in [0.2, 0.25) is 0 Å². The summed E-state index contributed by atoms with van der Waals surface area (Å²) in [5.74, 6) is 0.0694. The van der Waals surface area contributed by atoms with Gasteiger partial charge in [-0.2, -0.15) is 0 Å². The molecule has 0 bridgehead atoms. The maximum atomic E-state index is 11.6. The smallest absolute Gasteiger partial charge is 0.221 e. The second-order valence-corrected chi connectivity index (χ2v) is 5.92. The fourth-order valence-electron chi connectivity index (χ4n) is 1.97. The molecule has 0 unspecified atom stereocenters. The molecule has 108 valence electrons. The lowest BCUT2D eigenvalue weighted by Crippen LogP contribution is -2.41. The third-order valence-electron chi connectivity index (χ3n) is 2.76. The number of amides is 1. The van der Waals surface area contributed by atoms with Crippen LogP contribution in [0.4, 0.5) is 0 Å². The molecule has 2 N–H and O–H groups in total. The van der Waals surface area contributed by atoms with Crippen molar-refractivity contribution in [3.8, 4) is 0 Å². The Balaban J connectivity index is 1.74. The molecule has 0 aliphatic carbocycles. The van der Waals surface area contributed by atoms with E-state index in [1.165, 1.54) is 0 Å². The van der Waals surface area contributed by atoms with E-state index in [4.69, 9.17) is 0 Å². The van der Waals surface area contributed by atoms with Gasteiger partial charge >= 0.3 is 0 Å². The SMILES string of the molecule is CC(C)(C)NC(=O)CCNCc1cn2ccccc2n1. The van der Waals surface area contributed by atoms with Gasteiger partial charge in [0.15, 0.2) is 0 Å². The third kappa shape index (κ3) is 4.35. The van der Waals surface area contributed by atoms with Gasteiger partial charge < -0.3 is 15.0 Å². The largest absolute Gasteiger partial charge is 0.351 e. The van der Waals surface area contributed by atoms with E-state index in [0.717, 1.165) is 11.3 Å². The zero-order chi connectivity index (χ0) is 14.6. The topological polar surface area (TPSA) is 58.4 Å². The molecule has 0 atom stereocenters. The molecule has 0 aliphatic heterocycles. The highest BCUT2D eigenvalue weighted by molar-refractivity contribution is 5.76. The van der Waals surface area contributed by atoms with Crippen LogP contribution < -0.4 is 10.6 Å². The molecule has 5 heteroatoms. The van der Waals surface area contributed by atoms with Crippen LogP contribution in [0.3, 0.4) is 0 Å². The summed E-state index contributed by atoms with van der Waals surface area (Å²) in [5, 5.41) is 6.18. The van der Waals surface area contributed by atoms with Gasteiger partial charge in [0.1, 0.15) is 5.65 Å². The van der Waals surface area contributed by atoms with Gasteiger partial charge in [-0.25, -0.2) is 4.98 Å². The zero-order valence-corrected chi connectivity index (χ0v) is 12.3. The van der Waals surface area contributed by atoms with Crippen LogP contribution in [0, 0.1) is 0 Å². The molecular formula is C15H22N4O. The lowest BCUT2D eigenvalue weighted by atomic mass is 10.1. The molecule has 0 saturated carbocycles. The van der Waals surface area contributed by atoms with E-state index >= 15 is 0 Å². The monoisotopic (exact) mass is 274 g/mol. The highest BCUT2D eigenvalue weighted by Crippen LogP contribution is 2.04. The van der Waals surface area contributed by atoms with Crippen molar-refractivity contribution in [3.05, 3.63) is 36.3 Å². The standard InChI is InChI=1S/C15H22N4O/c1-15(2,3)18-14(20)7-8-16-10-12-11-19-9-5-4-6-13(19)17-12/h4-6,9,11,16H,7-8,10H2,1-3H3,(H,18,20). The Morgan fingerprint density at radius 3 is 2.85 bits per heavy atom. The molecule has 2 aromatic rings. The predicted octanol–water partition coefficient (Wildman–Crippen LogP) is 1.73. The van der Waals surface area contributed by atoms with Crippen molar-refractivity contribution in [3.63, 3.8) is 0 Å². The van der Waals surface area contributed by atoms with Gasteiger partial charge in [-0.3, -0.25) is 4.79 Å². The molecule has 2 rings (SSSR count). The number of hydrogen-bond acceptors (Lipinski definition) is 3. The van der Waals surface area contributed by atoms with Gasteiger partial charge in [-0.1, -0.05) is 6.07 Å². The maximum Gasteiger partial charge on any atom is 0.221 e. The first kappa shape index (κ1) is 14.5. The molecule has 5 nitrogen and oxygen atoms in total. The molecule has 0 aromatic carbocycles. The summed E-state index contributed by atoms with van der Waals surface area (Å²) in [7, 11) is 0. The number of nitrogens with zero attached hydrogens (tertiary/aromatic N) is 2. The summed E-state index contributed by atoms with van der Waals surface area (Å²) in [5.41, 5.74) is 1.75. The Labute approximate surface area is 119 Å². The number of pyridine rings is 1. The van der Waals surface area contributed by atoms with Crippen molar-refractivity contribution in [2.45, 2.75) is 39.3 Å². The minimum absolute atomic E-state index is 0.0694. The number of rotatable bonds is 5. The first-order chi connectivity index (χ1) is 9.44. The quantitative estimate of drug-likeness (QED) is 0.816. The van der Waals surface area contributed by atoms with Crippen molar-refractivity contribution in [1.82, 2.24) is 20.0 Å². The minimum Gasteiger partial charge on any atom is -0.351 e. The van der Waals surface area contributed by atoms with Crippen molar-refractivity contribution in [2.24, 2.45) is 0 Å². The highest BCUT2D eigenvalue weighted by Gasteiger charge is 2.12. The number of fused-ring (bicyclic) bond motifs is 1. The van der Waals surface area contributed by atoms with E-state index in [1.54, 1.807) is 0 Å². The first-order valence-corrected chi connectivity index (χ1v) is 6.88. The molecule has 2 aromatic heterocycles. The van der Waals surface area contributed by atoms with Crippen molar-refractivity contribution in [1.29, 1.82) is 0 Å². The fraction of sp³-hybridized carbons (Fsp3) is 0.467. The summed E-state index contributed by atoms with van der Waals surface area (Å²) in [6.07, 6.45) is 4.45. The Bertz CT molecular complexity index is 550. The molecule has 1 amide bonds. The molecular weight excluding hydrogens is 252 g/mol. The van der Waals surface area contributed by atoms with E-state index in [-0.39, 0.29) is 11.4 Å². The van der Waals surface area contributed by atoms with Gasteiger partial charge in [-0.05, 0) is 32.9 Å². The third-order valence-corrected chi connectivity index (χ3v) is 2.76. The molecule has 0 spiro atoms. The van der Waals surface area contributed by atoms with E-state index in [2.05, 4.69) is 15.6 Å². The van der Waals surface area contributed by atoms with E-state index in [9.17, 15) is 4.79 Å². The van der Waals surface area contributed by atoms with E-state index in [0.29, 0.717) is 19.5 Å². The summed E-state index contributed by atoms with van der Waals surface area (Å²) >= 11 is 0. The van der Waals surface area contributed by atoms with Gasteiger partial charge in [0.05, 0.1) is 5.69 Å². The Kier molecular flexibility index (Phi) is 4.39. The highest BCUT2D eigenvalue weighted by atomic mass is 16.1. The number of imidazole rings is 1. The lowest BCUT2D eigenvalue weighted by molar-refractivity contribution is -0.122. The van der Waals surface area contributed by atoms with Crippen molar-refractivity contribution < 1.29 is 4.79 Å². The molecule has 0 aliphatic rings. The van der Waals surface area contributed by atoms with Crippen LogP contribution in [0.15, 0.2) is 30.6 Å². The lowest BCUT2D eigenvalue weighted by Gasteiger charge is -2.20. The van der Waals surface area contributed by atoms with Crippen LogP contribution in [-0.2, 0) is 11.3 Å². The number of nitrogens with one attached hydrogen (secondary N) is 2. The maximum absolute atomic E-state index is 11.6. The molecule has 0 fully saturated rings. The van der Waals surface area contributed by atoms with E-state index in [1.807, 2.05) is 55.8 Å². The van der Waals surface area contributed by atoms with Crippen LogP contribution in [0.5, 0.6) is 0 Å². The average molecular weight is 274 g/mol. The van der Waals surface area contributed by atoms with Gasteiger partial charge in [0, 0.05) is 37.4 Å². The number of carbonyl (C=O) groups is 1. The molecule has 0 radical (unpaired) electrons. The van der Waals surface area contributed by atoms with Gasteiger partial charge in [-0.15, -0.1) is 0 Å². The van der Waals surface area contributed by atoms with Crippen LogP contribution in [0.25, 0.3) is 5.65 Å². The second kappa shape index (κ2) is 6.05. The summed E-state index contributed by atoms with van der Waals surface area (Å²) < 4.78 is 1.99. The first-order valence-electron chi connectivity index (χ1n) is 6.88. The van der Waals surface area contributed by atoms with Gasteiger partial charge in [0.25, 0.3) is 0 Å². The summed E-state index contributed by atoms with van der Waals surface area (Å²) in [6, 6.07) is 5.92. The average Bonchev–Trinajstić information content (AvgIpc) is 2.75. The Hall–Kier alpha value is -1.88. The fourth-order valence-corrected chi connectivity index (χ4v) is 1.97. The van der Waals surface area contributed by atoms with Crippen molar-refractivity contribution >= 4 is 11.6 Å². The van der Waals surface area contributed by atoms with Crippen LogP contribution in [0.1, 0.15) is 32.9 Å². The minimum atomic E-state index is -0.168. The van der Waals surface area contributed by atoms with Crippen molar-refractivity contribution in [2.75, 3.05) is 6.54 Å². The van der Waals surface area contributed by atoms with E-state index < -0.39 is 0 Å². The van der Waals surface area contributed by atoms with Crippen LogP contribution in [-0.4, -0.2) is 27.4 Å². The normalized spacial score (nSPS) is 11.8. The Morgan fingerprint density at radius 1 is 1.35 bits per heavy atom. The Morgan fingerprint density at radius 2 is 2.15 bits per heavy atom. The van der Waals surface area contributed by atoms with Gasteiger partial charge in [0.2, 0.25) is 5.91 Å². The number of aromatic nitrogens is 2. The molecule has 0 saturated heterocycles.